The molecule has 1 aromatic rings. The Hall–Kier alpha value is -2.09. The van der Waals surface area contributed by atoms with Crippen molar-refractivity contribution in [1.82, 2.24) is 5.32 Å². The van der Waals surface area contributed by atoms with Gasteiger partial charge in [-0.25, -0.2) is 4.39 Å². The van der Waals surface area contributed by atoms with Gasteiger partial charge in [0.05, 0.1) is 22.2 Å². The summed E-state index contributed by atoms with van der Waals surface area (Å²) >= 11 is 0. The van der Waals surface area contributed by atoms with Crippen molar-refractivity contribution in [3.8, 4) is 0 Å². The molecule has 1 amide bonds. The van der Waals surface area contributed by atoms with E-state index in [-0.39, 0.29) is 6.54 Å². The van der Waals surface area contributed by atoms with Gasteiger partial charge in [-0.1, -0.05) is 0 Å². The highest BCUT2D eigenvalue weighted by Gasteiger charge is 2.24. The third kappa shape index (κ3) is 4.45. The molecular formula is C13H16F2N2O4. The quantitative estimate of drug-likeness (QED) is 0.646. The standard InChI is InChI=1S/C13H16F2N2O4/c1-4-21-13(2,3)7-16-12(18)8-5-10(15)11(17(19)20)6-9(8)14/h5-6H,4,7H2,1-3H3,(H,16,18). The van der Waals surface area contributed by atoms with Gasteiger partial charge in [0, 0.05) is 13.2 Å². The van der Waals surface area contributed by atoms with E-state index in [4.69, 9.17) is 4.74 Å². The number of nitro benzene ring substituents is 1. The van der Waals surface area contributed by atoms with E-state index in [0.29, 0.717) is 18.7 Å². The van der Waals surface area contributed by atoms with Crippen molar-refractivity contribution in [2.45, 2.75) is 26.4 Å². The van der Waals surface area contributed by atoms with Crippen molar-refractivity contribution in [2.24, 2.45) is 0 Å². The molecule has 116 valence electrons. The average molecular weight is 302 g/mol. The molecule has 8 heteroatoms. The second-order valence-corrected chi connectivity index (χ2v) is 4.92. The van der Waals surface area contributed by atoms with E-state index in [0.717, 1.165) is 0 Å². The summed E-state index contributed by atoms with van der Waals surface area (Å²) < 4.78 is 32.4. The third-order valence-electron chi connectivity index (χ3n) is 2.69. The van der Waals surface area contributed by atoms with E-state index in [9.17, 15) is 23.7 Å². The molecular weight excluding hydrogens is 286 g/mol. The third-order valence-corrected chi connectivity index (χ3v) is 2.69. The highest BCUT2D eigenvalue weighted by Crippen LogP contribution is 2.21. The molecule has 0 radical (unpaired) electrons. The van der Waals surface area contributed by atoms with E-state index in [1.807, 2.05) is 0 Å². The summed E-state index contributed by atoms with van der Waals surface area (Å²) in [6.45, 7) is 5.75. The number of rotatable bonds is 6. The SMILES string of the molecule is CCOC(C)(C)CNC(=O)c1cc(F)c([N+](=O)[O-])cc1F. The number of benzene rings is 1. The summed E-state index contributed by atoms with van der Waals surface area (Å²) in [4.78, 5) is 21.2. The molecule has 0 unspecified atom stereocenters. The maximum absolute atomic E-state index is 13.6. The molecule has 0 aliphatic heterocycles. The van der Waals surface area contributed by atoms with Crippen molar-refractivity contribution >= 4 is 11.6 Å². The van der Waals surface area contributed by atoms with E-state index in [2.05, 4.69) is 5.32 Å². The summed E-state index contributed by atoms with van der Waals surface area (Å²) in [7, 11) is 0. The first kappa shape index (κ1) is 17.0. The lowest BCUT2D eigenvalue weighted by Gasteiger charge is -2.24. The number of nitrogens with one attached hydrogen (secondary N) is 1. The van der Waals surface area contributed by atoms with Crippen LogP contribution < -0.4 is 5.32 Å². The van der Waals surface area contributed by atoms with Gasteiger partial charge in [0.25, 0.3) is 5.91 Å². The summed E-state index contributed by atoms with van der Waals surface area (Å²) in [5.41, 5.74) is -2.27. The maximum atomic E-state index is 13.6. The van der Waals surface area contributed by atoms with Crippen LogP contribution in [0, 0.1) is 21.7 Å². The largest absolute Gasteiger partial charge is 0.374 e. The number of amides is 1. The lowest BCUT2D eigenvalue weighted by atomic mass is 10.1. The van der Waals surface area contributed by atoms with Crippen molar-refractivity contribution in [3.63, 3.8) is 0 Å². The first-order chi connectivity index (χ1) is 9.68. The minimum atomic E-state index is -1.27. The molecule has 0 aromatic heterocycles. The predicted octanol–water partition coefficient (Wildman–Crippen LogP) is 2.42. The fourth-order valence-corrected chi connectivity index (χ4v) is 1.68. The Morgan fingerprint density at radius 3 is 2.52 bits per heavy atom. The van der Waals surface area contributed by atoms with Gasteiger partial charge in [-0.3, -0.25) is 14.9 Å². The van der Waals surface area contributed by atoms with Crippen LogP contribution in [0.15, 0.2) is 12.1 Å². The van der Waals surface area contributed by atoms with Crippen LogP contribution in [0.3, 0.4) is 0 Å². The van der Waals surface area contributed by atoms with Gasteiger partial charge >= 0.3 is 5.69 Å². The Bertz CT molecular complexity index is 561. The van der Waals surface area contributed by atoms with Crippen molar-refractivity contribution in [2.75, 3.05) is 13.2 Å². The van der Waals surface area contributed by atoms with Gasteiger partial charge in [-0.15, -0.1) is 0 Å². The lowest BCUT2D eigenvalue weighted by molar-refractivity contribution is -0.387. The fraction of sp³-hybridized carbons (Fsp3) is 0.462. The molecule has 0 saturated heterocycles. The number of nitro groups is 1. The average Bonchev–Trinajstić information content (AvgIpc) is 2.38. The zero-order valence-corrected chi connectivity index (χ0v) is 11.9. The second-order valence-electron chi connectivity index (χ2n) is 4.92. The first-order valence-electron chi connectivity index (χ1n) is 6.23. The van der Waals surface area contributed by atoms with Crippen molar-refractivity contribution in [3.05, 3.63) is 39.4 Å². The molecule has 0 bridgehead atoms. The predicted molar refractivity (Wildman–Crippen MR) is 71.1 cm³/mol. The monoisotopic (exact) mass is 302 g/mol. The van der Waals surface area contributed by atoms with E-state index in [1.54, 1.807) is 20.8 Å². The molecule has 21 heavy (non-hydrogen) atoms. The summed E-state index contributed by atoms with van der Waals surface area (Å²) in [6.07, 6.45) is 0. The number of carbonyl (C=O) groups excluding carboxylic acids is 1. The van der Waals surface area contributed by atoms with Gasteiger partial charge in [0.15, 0.2) is 0 Å². The van der Waals surface area contributed by atoms with Crippen LogP contribution in [0.25, 0.3) is 0 Å². The second kappa shape index (κ2) is 6.57. The zero-order chi connectivity index (χ0) is 16.2. The Balaban J connectivity index is 2.89. The minimum absolute atomic E-state index is 0.0811. The molecule has 0 aliphatic carbocycles. The van der Waals surface area contributed by atoms with Crippen LogP contribution >= 0.6 is 0 Å². The number of nitrogens with zero attached hydrogens (tertiary/aromatic N) is 1. The number of hydrogen-bond acceptors (Lipinski definition) is 4. The zero-order valence-electron chi connectivity index (χ0n) is 11.9. The molecule has 0 heterocycles. The molecule has 0 aliphatic rings. The van der Waals surface area contributed by atoms with Crippen LogP contribution in [0.2, 0.25) is 0 Å². The van der Waals surface area contributed by atoms with Gasteiger partial charge in [0.2, 0.25) is 5.82 Å². The summed E-state index contributed by atoms with van der Waals surface area (Å²) in [6, 6.07) is 0.897. The number of ether oxygens (including phenoxy) is 1. The lowest BCUT2D eigenvalue weighted by Crippen LogP contribution is -2.40. The number of hydrogen-bond donors (Lipinski definition) is 1. The molecule has 6 nitrogen and oxygen atoms in total. The Labute approximate surface area is 120 Å². The number of halogens is 2. The maximum Gasteiger partial charge on any atom is 0.307 e. The highest BCUT2D eigenvalue weighted by atomic mass is 19.1. The number of carbonyl (C=O) groups is 1. The molecule has 0 atom stereocenters. The van der Waals surface area contributed by atoms with Crippen LogP contribution in [0.4, 0.5) is 14.5 Å². The van der Waals surface area contributed by atoms with E-state index >= 15 is 0 Å². The van der Waals surface area contributed by atoms with Crippen molar-refractivity contribution in [1.29, 1.82) is 0 Å². The van der Waals surface area contributed by atoms with Gasteiger partial charge in [-0.2, -0.15) is 4.39 Å². The van der Waals surface area contributed by atoms with Gasteiger partial charge < -0.3 is 10.1 Å². The molecule has 0 fully saturated rings. The Kier molecular flexibility index (Phi) is 5.31. The smallest absolute Gasteiger partial charge is 0.307 e. The molecule has 1 aromatic carbocycles. The van der Waals surface area contributed by atoms with Crippen LogP contribution in [0.5, 0.6) is 0 Å². The topological polar surface area (TPSA) is 81.5 Å². The van der Waals surface area contributed by atoms with Gasteiger partial charge in [-0.05, 0) is 26.8 Å². The molecule has 0 saturated carbocycles. The van der Waals surface area contributed by atoms with Crippen molar-refractivity contribution < 1.29 is 23.2 Å². The van der Waals surface area contributed by atoms with Gasteiger partial charge in [0.1, 0.15) is 5.82 Å². The summed E-state index contributed by atoms with van der Waals surface area (Å²) in [5, 5.41) is 12.9. The highest BCUT2D eigenvalue weighted by molar-refractivity contribution is 5.94. The van der Waals surface area contributed by atoms with E-state index < -0.39 is 39.3 Å². The van der Waals surface area contributed by atoms with Crippen LogP contribution in [-0.4, -0.2) is 29.6 Å². The van der Waals surface area contributed by atoms with Crippen LogP contribution in [-0.2, 0) is 4.74 Å². The normalized spacial score (nSPS) is 11.3. The van der Waals surface area contributed by atoms with E-state index in [1.165, 1.54) is 0 Å². The first-order valence-corrected chi connectivity index (χ1v) is 6.23. The van der Waals surface area contributed by atoms with Crippen LogP contribution in [0.1, 0.15) is 31.1 Å². The summed E-state index contributed by atoms with van der Waals surface area (Å²) in [5.74, 6) is -3.29. The Morgan fingerprint density at radius 2 is 2.00 bits per heavy atom. The molecule has 1 rings (SSSR count). The Morgan fingerprint density at radius 1 is 1.38 bits per heavy atom. The fourth-order valence-electron chi connectivity index (χ4n) is 1.68. The molecule has 1 N–H and O–H groups in total. The minimum Gasteiger partial charge on any atom is -0.374 e. The molecule has 0 spiro atoms.